The summed E-state index contributed by atoms with van der Waals surface area (Å²) >= 11 is 1.49. The monoisotopic (exact) mass is 449 g/mol. The fraction of sp³-hybridized carbons (Fsp3) is 0.217. The number of para-hydroxylation sites is 2. The Morgan fingerprint density at radius 2 is 1.91 bits per heavy atom. The Morgan fingerprint density at radius 3 is 2.72 bits per heavy atom. The van der Waals surface area contributed by atoms with E-state index in [-0.39, 0.29) is 18.1 Å². The molecule has 9 heteroatoms. The molecule has 0 spiro atoms. The van der Waals surface area contributed by atoms with Crippen molar-refractivity contribution in [3.05, 3.63) is 83.0 Å². The zero-order valence-electron chi connectivity index (χ0n) is 17.6. The van der Waals surface area contributed by atoms with E-state index in [0.717, 1.165) is 11.3 Å². The number of aromatic nitrogens is 4. The third kappa shape index (κ3) is 5.17. The molecule has 0 radical (unpaired) electrons. The molecule has 2 aromatic heterocycles. The van der Waals surface area contributed by atoms with Crippen LogP contribution in [-0.2, 0) is 17.1 Å². The molecule has 0 bridgehead atoms. The number of benzene rings is 2. The molecule has 1 amide bonds. The van der Waals surface area contributed by atoms with Gasteiger partial charge in [0.25, 0.3) is 17.2 Å². The van der Waals surface area contributed by atoms with Gasteiger partial charge in [-0.2, -0.15) is 9.50 Å². The standard InChI is InChI=1S/C23H23N5O3S/c1-2-12-27-16-24-23-25-17(13-22(30)28(23)27)15-32-20-11-7-6-10-19(20)26-21(29)14-31-18-8-4-3-5-9-18/h3-11,13,16H,2,12,14-15H2,1H3,(H,26,29). The quantitative estimate of drug-likeness (QED) is 0.393. The minimum atomic E-state index is -0.249. The van der Waals surface area contributed by atoms with Crippen LogP contribution in [0.1, 0.15) is 19.0 Å². The Kier molecular flexibility index (Phi) is 6.86. The molecule has 32 heavy (non-hydrogen) atoms. The second kappa shape index (κ2) is 10.1. The maximum absolute atomic E-state index is 12.6. The number of nitrogens with one attached hydrogen (secondary N) is 1. The molecule has 0 saturated carbocycles. The van der Waals surface area contributed by atoms with Gasteiger partial charge in [0.2, 0.25) is 0 Å². The van der Waals surface area contributed by atoms with Crippen molar-refractivity contribution in [1.29, 1.82) is 0 Å². The van der Waals surface area contributed by atoms with E-state index in [1.54, 1.807) is 23.1 Å². The topological polar surface area (TPSA) is 90.5 Å². The molecule has 0 fully saturated rings. The number of ether oxygens (including phenoxy) is 1. The van der Waals surface area contributed by atoms with Crippen molar-refractivity contribution >= 4 is 29.1 Å². The lowest BCUT2D eigenvalue weighted by molar-refractivity contribution is -0.118. The van der Waals surface area contributed by atoms with Gasteiger partial charge in [0.15, 0.2) is 6.61 Å². The maximum Gasteiger partial charge on any atom is 0.274 e. The Hall–Kier alpha value is -3.59. The summed E-state index contributed by atoms with van der Waals surface area (Å²) in [5, 5.41) is 2.89. The van der Waals surface area contributed by atoms with Gasteiger partial charge in [0.05, 0.1) is 11.4 Å². The first-order valence-electron chi connectivity index (χ1n) is 10.3. The highest BCUT2D eigenvalue weighted by Crippen LogP contribution is 2.29. The Labute approximate surface area is 189 Å². The molecule has 1 N–H and O–H groups in total. The Balaban J connectivity index is 1.42. The second-order valence-corrected chi connectivity index (χ2v) is 8.06. The molecular formula is C23H23N5O3S. The smallest absolute Gasteiger partial charge is 0.274 e. The van der Waals surface area contributed by atoms with Crippen LogP contribution in [0.5, 0.6) is 5.75 Å². The normalized spacial score (nSPS) is 10.9. The zero-order valence-corrected chi connectivity index (χ0v) is 18.4. The number of anilines is 1. The number of hydrogen-bond acceptors (Lipinski definition) is 6. The average molecular weight is 450 g/mol. The van der Waals surface area contributed by atoms with Crippen LogP contribution in [0.15, 0.2) is 76.7 Å². The van der Waals surface area contributed by atoms with Crippen molar-refractivity contribution in [2.75, 3.05) is 11.9 Å². The van der Waals surface area contributed by atoms with Crippen LogP contribution in [0.25, 0.3) is 5.78 Å². The van der Waals surface area contributed by atoms with E-state index in [1.165, 1.54) is 22.3 Å². The number of nitrogens with zero attached hydrogens (tertiary/aromatic N) is 4. The van der Waals surface area contributed by atoms with E-state index >= 15 is 0 Å². The maximum atomic E-state index is 12.6. The van der Waals surface area contributed by atoms with Gasteiger partial charge in [-0.15, -0.1) is 11.8 Å². The Bertz CT molecular complexity index is 1270. The van der Waals surface area contributed by atoms with E-state index in [2.05, 4.69) is 15.3 Å². The van der Waals surface area contributed by atoms with Gasteiger partial charge in [0.1, 0.15) is 12.1 Å². The average Bonchev–Trinajstić information content (AvgIpc) is 3.21. The van der Waals surface area contributed by atoms with Crippen molar-refractivity contribution in [2.45, 2.75) is 30.5 Å². The third-order valence-corrected chi connectivity index (χ3v) is 5.70. The van der Waals surface area contributed by atoms with E-state index < -0.39 is 0 Å². The molecule has 0 saturated heterocycles. The van der Waals surface area contributed by atoms with Crippen LogP contribution in [0.2, 0.25) is 0 Å². The molecule has 8 nitrogen and oxygen atoms in total. The first-order valence-corrected chi connectivity index (χ1v) is 11.3. The first kappa shape index (κ1) is 21.6. The molecule has 0 aliphatic heterocycles. The number of aryl methyl sites for hydroxylation is 1. The summed E-state index contributed by atoms with van der Waals surface area (Å²) in [7, 11) is 0. The van der Waals surface area contributed by atoms with Crippen LogP contribution in [0, 0.1) is 0 Å². The first-order chi connectivity index (χ1) is 15.6. The van der Waals surface area contributed by atoms with Gasteiger partial charge < -0.3 is 10.1 Å². The van der Waals surface area contributed by atoms with Gasteiger partial charge in [0, 0.05) is 23.3 Å². The highest BCUT2D eigenvalue weighted by Gasteiger charge is 2.11. The van der Waals surface area contributed by atoms with Gasteiger partial charge in [-0.05, 0) is 30.7 Å². The summed E-state index contributed by atoms with van der Waals surface area (Å²) in [6, 6.07) is 18.2. The van der Waals surface area contributed by atoms with Crippen molar-refractivity contribution < 1.29 is 9.53 Å². The summed E-state index contributed by atoms with van der Waals surface area (Å²) in [6.07, 6.45) is 2.53. The second-order valence-electron chi connectivity index (χ2n) is 7.04. The molecule has 164 valence electrons. The van der Waals surface area contributed by atoms with Gasteiger partial charge in [-0.1, -0.05) is 37.3 Å². The van der Waals surface area contributed by atoms with Gasteiger partial charge >= 0.3 is 0 Å². The summed E-state index contributed by atoms with van der Waals surface area (Å²) < 4.78 is 8.76. The summed E-state index contributed by atoms with van der Waals surface area (Å²) in [4.78, 5) is 34.5. The zero-order chi connectivity index (χ0) is 22.3. The fourth-order valence-corrected chi connectivity index (χ4v) is 4.07. The predicted octanol–water partition coefficient (Wildman–Crippen LogP) is 3.61. The lowest BCUT2D eigenvalue weighted by Crippen LogP contribution is -2.21. The minimum absolute atomic E-state index is 0.0849. The van der Waals surface area contributed by atoms with Crippen LogP contribution in [0.4, 0.5) is 5.69 Å². The van der Waals surface area contributed by atoms with Crippen molar-refractivity contribution in [3.8, 4) is 5.75 Å². The third-order valence-electron chi connectivity index (χ3n) is 4.60. The van der Waals surface area contributed by atoms with Crippen LogP contribution < -0.4 is 15.6 Å². The molecule has 0 atom stereocenters. The molecule has 0 aliphatic rings. The van der Waals surface area contributed by atoms with E-state index in [9.17, 15) is 9.59 Å². The van der Waals surface area contributed by atoms with E-state index in [4.69, 9.17) is 4.74 Å². The lowest BCUT2D eigenvalue weighted by Gasteiger charge is -2.11. The molecule has 2 aromatic carbocycles. The number of carbonyl (C=O) groups excluding carboxylic acids is 1. The number of hydrogen-bond donors (Lipinski definition) is 1. The highest BCUT2D eigenvalue weighted by atomic mass is 32.2. The van der Waals surface area contributed by atoms with Gasteiger partial charge in [-0.25, -0.2) is 4.98 Å². The number of rotatable bonds is 9. The largest absolute Gasteiger partial charge is 0.484 e. The molecular weight excluding hydrogens is 426 g/mol. The summed E-state index contributed by atoms with van der Waals surface area (Å²) in [6.45, 7) is 2.66. The molecule has 0 unspecified atom stereocenters. The molecule has 2 heterocycles. The van der Waals surface area contributed by atoms with E-state index in [0.29, 0.717) is 35.2 Å². The minimum Gasteiger partial charge on any atom is -0.484 e. The number of thioether (sulfide) groups is 1. The number of fused-ring (bicyclic) bond motifs is 1. The van der Waals surface area contributed by atoms with Crippen LogP contribution >= 0.6 is 11.8 Å². The Morgan fingerprint density at radius 1 is 1.12 bits per heavy atom. The predicted molar refractivity (Wildman–Crippen MR) is 124 cm³/mol. The molecule has 0 aliphatic carbocycles. The van der Waals surface area contributed by atoms with Crippen LogP contribution in [-0.4, -0.2) is 31.7 Å². The highest BCUT2D eigenvalue weighted by molar-refractivity contribution is 7.98. The van der Waals surface area contributed by atoms with Crippen molar-refractivity contribution in [2.24, 2.45) is 0 Å². The van der Waals surface area contributed by atoms with Crippen molar-refractivity contribution in [3.63, 3.8) is 0 Å². The number of carbonyl (C=O) groups is 1. The SMILES string of the molecule is CCCn1cnc2nc(CSc3ccccc3NC(=O)COc3ccccc3)cc(=O)n21. The van der Waals surface area contributed by atoms with E-state index in [1.807, 2.05) is 49.4 Å². The lowest BCUT2D eigenvalue weighted by atomic mass is 10.3. The van der Waals surface area contributed by atoms with Gasteiger partial charge in [-0.3, -0.25) is 14.3 Å². The number of amides is 1. The van der Waals surface area contributed by atoms with Crippen molar-refractivity contribution in [1.82, 2.24) is 19.2 Å². The fourth-order valence-electron chi connectivity index (χ4n) is 3.17. The van der Waals surface area contributed by atoms with Crippen LogP contribution in [0.3, 0.4) is 0 Å². The molecule has 4 aromatic rings. The summed E-state index contributed by atoms with van der Waals surface area (Å²) in [5.41, 5.74) is 1.16. The molecule has 4 rings (SSSR count). The summed E-state index contributed by atoms with van der Waals surface area (Å²) in [5.74, 6) is 1.25.